The smallest absolute Gasteiger partial charge is 0.293 e. The van der Waals surface area contributed by atoms with Crippen molar-refractivity contribution in [3.05, 3.63) is 103 Å². The summed E-state index contributed by atoms with van der Waals surface area (Å²) in [5.41, 5.74) is 1.05. The van der Waals surface area contributed by atoms with E-state index in [-0.39, 0.29) is 40.1 Å². The molecule has 1 heterocycles. The Kier molecular flexibility index (Phi) is 8.12. The van der Waals surface area contributed by atoms with E-state index in [1.165, 1.54) is 36.4 Å². The highest BCUT2D eigenvalue weighted by atomic mass is 35.5. The molecule has 1 aliphatic rings. The van der Waals surface area contributed by atoms with Crippen molar-refractivity contribution in [1.29, 1.82) is 0 Å². The van der Waals surface area contributed by atoms with Crippen LogP contribution in [-0.4, -0.2) is 33.5 Å². The molecular formula is C25H17Cl2N3O6S. The molecule has 0 aromatic heterocycles. The van der Waals surface area contributed by atoms with E-state index >= 15 is 0 Å². The van der Waals surface area contributed by atoms with Gasteiger partial charge in [-0.1, -0.05) is 59.6 Å². The highest BCUT2D eigenvalue weighted by molar-refractivity contribution is 8.18. The number of nitrogens with one attached hydrogen (secondary N) is 1. The Balaban J connectivity index is 1.41. The molecule has 12 heteroatoms. The maximum atomic E-state index is 12.8. The van der Waals surface area contributed by atoms with E-state index in [4.69, 9.17) is 27.9 Å². The molecular weight excluding hydrogens is 541 g/mol. The summed E-state index contributed by atoms with van der Waals surface area (Å²) in [6.07, 6.45) is 1.49. The van der Waals surface area contributed by atoms with Crippen LogP contribution in [0.25, 0.3) is 6.08 Å². The Hall–Kier alpha value is -3.86. The first-order valence-corrected chi connectivity index (χ1v) is 12.2. The molecule has 3 aromatic carbocycles. The lowest BCUT2D eigenvalue weighted by Crippen LogP contribution is -2.27. The summed E-state index contributed by atoms with van der Waals surface area (Å²) in [6, 6.07) is 17.4. The average Bonchev–Trinajstić information content (AvgIpc) is 3.12. The summed E-state index contributed by atoms with van der Waals surface area (Å²) < 4.78 is 5.49. The summed E-state index contributed by atoms with van der Waals surface area (Å²) in [5.74, 6) is -0.751. The zero-order valence-corrected chi connectivity index (χ0v) is 21.2. The molecule has 1 N–H and O–H groups in total. The van der Waals surface area contributed by atoms with Crippen LogP contribution in [0.2, 0.25) is 10.0 Å². The first kappa shape index (κ1) is 26.2. The lowest BCUT2D eigenvalue weighted by atomic mass is 10.1. The fourth-order valence-corrected chi connectivity index (χ4v) is 4.66. The van der Waals surface area contributed by atoms with Gasteiger partial charge in [-0.25, -0.2) is 0 Å². The number of amides is 3. The first-order chi connectivity index (χ1) is 17.7. The van der Waals surface area contributed by atoms with E-state index in [1.807, 2.05) is 0 Å². The van der Waals surface area contributed by atoms with Crippen LogP contribution in [0.15, 0.2) is 71.6 Å². The normalized spacial score (nSPS) is 14.2. The van der Waals surface area contributed by atoms with Crippen LogP contribution in [0.3, 0.4) is 0 Å². The van der Waals surface area contributed by atoms with Crippen LogP contribution in [-0.2, 0) is 16.1 Å². The second-order valence-electron chi connectivity index (χ2n) is 7.66. The third kappa shape index (κ3) is 6.29. The van der Waals surface area contributed by atoms with E-state index in [9.17, 15) is 24.5 Å². The van der Waals surface area contributed by atoms with E-state index in [0.717, 1.165) is 16.7 Å². The zero-order valence-electron chi connectivity index (χ0n) is 18.9. The molecule has 3 amide bonds. The number of hydrogen-bond acceptors (Lipinski definition) is 7. The molecule has 3 aromatic rings. The highest BCUT2D eigenvalue weighted by Crippen LogP contribution is 2.35. The van der Waals surface area contributed by atoms with Gasteiger partial charge >= 0.3 is 0 Å². The fourth-order valence-electron chi connectivity index (χ4n) is 3.40. The van der Waals surface area contributed by atoms with Gasteiger partial charge in [0, 0.05) is 11.6 Å². The standard InChI is InChI=1S/C25H17Cl2N3O6S/c26-17-6-2-3-7-19(17)28-23(31)14-36-21-10-9-15(11-18(21)27)12-22-24(32)29(25(33)37-22)13-16-5-1-4-8-20(16)30(34)35/h1-12H,13-14H2,(H,28,31)/b22-12-. The second kappa shape index (κ2) is 11.5. The monoisotopic (exact) mass is 557 g/mol. The van der Waals surface area contributed by atoms with Crippen LogP contribution in [0, 0.1) is 10.1 Å². The van der Waals surface area contributed by atoms with Gasteiger partial charge in [0.2, 0.25) is 0 Å². The molecule has 0 aliphatic carbocycles. The number of halogens is 2. The van der Waals surface area contributed by atoms with E-state index in [1.54, 1.807) is 36.4 Å². The molecule has 0 atom stereocenters. The fraction of sp³-hybridized carbons (Fsp3) is 0.0800. The van der Waals surface area contributed by atoms with Gasteiger partial charge in [-0.05, 0) is 47.7 Å². The van der Waals surface area contributed by atoms with Gasteiger partial charge in [-0.15, -0.1) is 0 Å². The van der Waals surface area contributed by atoms with Gasteiger partial charge in [-0.3, -0.25) is 29.4 Å². The zero-order chi connectivity index (χ0) is 26.5. The molecule has 0 radical (unpaired) electrons. The van der Waals surface area contributed by atoms with E-state index < -0.39 is 22.0 Å². The number of nitro benzene ring substituents is 1. The number of carbonyl (C=O) groups is 3. The molecule has 1 saturated heterocycles. The average molecular weight is 558 g/mol. The molecule has 37 heavy (non-hydrogen) atoms. The van der Waals surface area contributed by atoms with Crippen LogP contribution in [0.5, 0.6) is 5.75 Å². The van der Waals surface area contributed by atoms with E-state index in [2.05, 4.69) is 5.32 Å². The number of imide groups is 1. The number of anilines is 1. The maximum absolute atomic E-state index is 12.8. The number of para-hydroxylation sites is 2. The Labute approximate surface area is 225 Å². The quantitative estimate of drug-likeness (QED) is 0.200. The van der Waals surface area contributed by atoms with E-state index in [0.29, 0.717) is 16.3 Å². The Bertz CT molecular complexity index is 1450. The van der Waals surface area contributed by atoms with Gasteiger partial charge in [0.15, 0.2) is 6.61 Å². The lowest BCUT2D eigenvalue weighted by molar-refractivity contribution is -0.385. The molecule has 0 spiro atoms. The van der Waals surface area contributed by atoms with Crippen molar-refractivity contribution >= 4 is 69.5 Å². The van der Waals surface area contributed by atoms with Crippen molar-refractivity contribution in [1.82, 2.24) is 4.90 Å². The molecule has 9 nitrogen and oxygen atoms in total. The Morgan fingerprint density at radius 2 is 1.78 bits per heavy atom. The first-order valence-electron chi connectivity index (χ1n) is 10.7. The topological polar surface area (TPSA) is 119 Å². The highest BCUT2D eigenvalue weighted by Gasteiger charge is 2.36. The number of thioether (sulfide) groups is 1. The maximum Gasteiger partial charge on any atom is 0.293 e. The summed E-state index contributed by atoms with van der Waals surface area (Å²) in [4.78, 5) is 49.3. The van der Waals surface area contributed by atoms with Crippen molar-refractivity contribution in [2.75, 3.05) is 11.9 Å². The second-order valence-corrected chi connectivity index (χ2v) is 9.47. The van der Waals surface area contributed by atoms with Gasteiger partial charge in [-0.2, -0.15) is 0 Å². The number of rotatable bonds is 8. The number of benzene rings is 3. The minimum atomic E-state index is -0.569. The van der Waals surface area contributed by atoms with Gasteiger partial charge in [0.05, 0.1) is 32.1 Å². The molecule has 0 bridgehead atoms. The van der Waals surface area contributed by atoms with Crippen LogP contribution in [0.1, 0.15) is 11.1 Å². The lowest BCUT2D eigenvalue weighted by Gasteiger charge is -2.12. The van der Waals surface area contributed by atoms with Crippen LogP contribution < -0.4 is 10.1 Å². The van der Waals surface area contributed by atoms with Crippen molar-refractivity contribution in [2.45, 2.75) is 6.54 Å². The minimum Gasteiger partial charge on any atom is -0.482 e. The number of ether oxygens (including phenoxy) is 1. The molecule has 0 saturated carbocycles. The third-order valence-electron chi connectivity index (χ3n) is 5.15. The summed E-state index contributed by atoms with van der Waals surface area (Å²) in [6.45, 7) is -0.530. The van der Waals surface area contributed by atoms with Crippen molar-refractivity contribution in [3.63, 3.8) is 0 Å². The van der Waals surface area contributed by atoms with Gasteiger partial charge in [0.1, 0.15) is 5.75 Å². The SMILES string of the molecule is O=C(COc1ccc(/C=C2\SC(=O)N(Cc3ccccc3[N+](=O)[O-])C2=O)cc1Cl)Nc1ccccc1Cl. The van der Waals surface area contributed by atoms with Crippen LogP contribution in [0.4, 0.5) is 16.2 Å². The molecule has 1 fully saturated rings. The predicted molar refractivity (Wildman–Crippen MR) is 142 cm³/mol. The van der Waals surface area contributed by atoms with Crippen LogP contribution >= 0.6 is 35.0 Å². The van der Waals surface area contributed by atoms with Gasteiger partial charge in [0.25, 0.3) is 22.7 Å². The summed E-state index contributed by atoms with van der Waals surface area (Å²) in [5, 5.41) is 13.9. The molecule has 188 valence electrons. The molecule has 1 aliphatic heterocycles. The molecule has 4 rings (SSSR count). The minimum absolute atomic E-state index is 0.146. The third-order valence-corrected chi connectivity index (χ3v) is 6.68. The number of carbonyl (C=O) groups excluding carboxylic acids is 3. The summed E-state index contributed by atoms with van der Waals surface area (Å²) in [7, 11) is 0. The largest absolute Gasteiger partial charge is 0.482 e. The Morgan fingerprint density at radius 1 is 1.05 bits per heavy atom. The van der Waals surface area contributed by atoms with Crippen molar-refractivity contribution < 1.29 is 24.0 Å². The van der Waals surface area contributed by atoms with Gasteiger partial charge < -0.3 is 10.1 Å². The number of nitro groups is 1. The van der Waals surface area contributed by atoms with Crippen molar-refractivity contribution in [2.24, 2.45) is 0 Å². The number of nitrogens with zero attached hydrogens (tertiary/aromatic N) is 2. The summed E-state index contributed by atoms with van der Waals surface area (Å²) >= 11 is 13.0. The Morgan fingerprint density at radius 3 is 2.51 bits per heavy atom. The predicted octanol–water partition coefficient (Wildman–Crippen LogP) is 6.16. The number of hydrogen-bond donors (Lipinski definition) is 1. The molecule has 0 unspecified atom stereocenters. The van der Waals surface area contributed by atoms with Crippen molar-refractivity contribution in [3.8, 4) is 5.75 Å².